The van der Waals surface area contributed by atoms with Crippen LogP contribution in [0.15, 0.2) is 36.7 Å². The van der Waals surface area contributed by atoms with E-state index in [9.17, 15) is 0 Å². The van der Waals surface area contributed by atoms with Gasteiger partial charge in [-0.25, -0.2) is 9.97 Å². The van der Waals surface area contributed by atoms with Crippen molar-refractivity contribution in [2.24, 2.45) is 0 Å². The van der Waals surface area contributed by atoms with Gasteiger partial charge in [-0.05, 0) is 6.07 Å². The van der Waals surface area contributed by atoms with Crippen molar-refractivity contribution in [1.82, 2.24) is 15.0 Å². The van der Waals surface area contributed by atoms with Crippen molar-refractivity contribution in [3.8, 4) is 17.5 Å². The third-order valence-electron chi connectivity index (χ3n) is 3.03. The summed E-state index contributed by atoms with van der Waals surface area (Å²) in [6.45, 7) is 0. The molecule has 0 saturated heterocycles. The smallest absolute Gasteiger partial charge is 0.151 e. The number of hydrogen-bond acceptors (Lipinski definition) is 4. The number of nitrogens with two attached hydrogens (primary N) is 1. The van der Waals surface area contributed by atoms with Crippen LogP contribution in [0.3, 0.4) is 0 Å². The zero-order valence-electron chi connectivity index (χ0n) is 10.1. The van der Waals surface area contributed by atoms with E-state index in [1.54, 1.807) is 12.4 Å². The van der Waals surface area contributed by atoms with E-state index in [2.05, 4.69) is 21.0 Å². The fourth-order valence-electron chi connectivity index (χ4n) is 2.21. The summed E-state index contributed by atoms with van der Waals surface area (Å²) < 4.78 is 0. The molecule has 0 atom stereocenters. The Morgan fingerprint density at radius 3 is 2.79 bits per heavy atom. The van der Waals surface area contributed by atoms with Crippen LogP contribution in [0.4, 0.5) is 5.82 Å². The molecule has 0 aliphatic rings. The fourth-order valence-corrected chi connectivity index (χ4v) is 2.21. The molecule has 0 radical (unpaired) electrons. The van der Waals surface area contributed by atoms with Gasteiger partial charge in [0.1, 0.15) is 5.69 Å². The summed E-state index contributed by atoms with van der Waals surface area (Å²) in [4.78, 5) is 11.6. The Morgan fingerprint density at radius 1 is 1.21 bits per heavy atom. The predicted octanol–water partition coefficient (Wildman–Crippen LogP) is 2.27. The van der Waals surface area contributed by atoms with Gasteiger partial charge in [0.2, 0.25) is 0 Å². The maximum Gasteiger partial charge on any atom is 0.151 e. The number of aromatic nitrogens is 3. The van der Waals surface area contributed by atoms with Crippen molar-refractivity contribution >= 4 is 16.7 Å². The zero-order valence-corrected chi connectivity index (χ0v) is 10.1. The van der Waals surface area contributed by atoms with Crippen molar-refractivity contribution in [1.29, 1.82) is 5.26 Å². The molecule has 3 aromatic rings. The standard InChI is InChI=1S/C14H11N5/c15-6-5-10-9-3-1-2-4-11(9)19-12(10)13-14(16)18-8-7-17-13/h1-4,7-8,19H,5H2,(H2,16,18). The number of nitrogen functional groups attached to an aromatic ring is 1. The lowest BCUT2D eigenvalue weighted by Crippen LogP contribution is -1.98. The van der Waals surface area contributed by atoms with E-state index in [1.807, 2.05) is 24.3 Å². The lowest BCUT2D eigenvalue weighted by Gasteiger charge is -2.03. The second kappa shape index (κ2) is 4.42. The fraction of sp³-hybridized carbons (Fsp3) is 0.0714. The molecule has 5 nitrogen and oxygen atoms in total. The highest BCUT2D eigenvalue weighted by Crippen LogP contribution is 2.31. The molecule has 92 valence electrons. The molecule has 0 aliphatic heterocycles. The highest BCUT2D eigenvalue weighted by atomic mass is 14.9. The number of hydrogen-bond donors (Lipinski definition) is 2. The molecular weight excluding hydrogens is 238 g/mol. The first kappa shape index (κ1) is 11.2. The molecule has 5 heteroatoms. The van der Waals surface area contributed by atoms with Crippen LogP contribution < -0.4 is 5.73 Å². The van der Waals surface area contributed by atoms with Crippen LogP contribution in [0.1, 0.15) is 5.56 Å². The van der Waals surface area contributed by atoms with Gasteiger partial charge in [0.05, 0.1) is 18.2 Å². The van der Waals surface area contributed by atoms with Gasteiger partial charge in [0, 0.05) is 28.9 Å². The number of fused-ring (bicyclic) bond motifs is 1. The van der Waals surface area contributed by atoms with Crippen LogP contribution in [-0.2, 0) is 6.42 Å². The molecule has 0 amide bonds. The Hall–Kier alpha value is -2.87. The molecular formula is C14H11N5. The summed E-state index contributed by atoms with van der Waals surface area (Å²) >= 11 is 0. The van der Waals surface area contributed by atoms with Crippen LogP contribution in [0.5, 0.6) is 0 Å². The van der Waals surface area contributed by atoms with Gasteiger partial charge < -0.3 is 10.7 Å². The highest BCUT2D eigenvalue weighted by Gasteiger charge is 2.15. The van der Waals surface area contributed by atoms with E-state index in [4.69, 9.17) is 11.0 Å². The largest absolute Gasteiger partial charge is 0.382 e. The molecule has 3 N–H and O–H groups in total. The molecule has 19 heavy (non-hydrogen) atoms. The zero-order chi connectivity index (χ0) is 13.2. The number of anilines is 1. The summed E-state index contributed by atoms with van der Waals surface area (Å²) in [5.41, 5.74) is 9.09. The molecule has 0 bridgehead atoms. The number of aromatic amines is 1. The molecule has 1 aromatic carbocycles. The maximum atomic E-state index is 9.01. The van der Waals surface area contributed by atoms with Gasteiger partial charge in [-0.1, -0.05) is 18.2 Å². The lowest BCUT2D eigenvalue weighted by atomic mass is 10.1. The van der Waals surface area contributed by atoms with Crippen molar-refractivity contribution in [2.75, 3.05) is 5.73 Å². The molecule has 2 heterocycles. The van der Waals surface area contributed by atoms with Crippen LogP contribution in [-0.4, -0.2) is 15.0 Å². The number of nitrogens with one attached hydrogen (secondary N) is 1. The van der Waals surface area contributed by atoms with Crippen molar-refractivity contribution < 1.29 is 0 Å². The number of H-pyrrole nitrogens is 1. The first-order valence-electron chi connectivity index (χ1n) is 5.84. The second-order valence-electron chi connectivity index (χ2n) is 4.15. The minimum atomic E-state index is 0.301. The van der Waals surface area contributed by atoms with Crippen molar-refractivity contribution in [2.45, 2.75) is 6.42 Å². The van der Waals surface area contributed by atoms with Gasteiger partial charge in [0.25, 0.3) is 0 Å². The highest BCUT2D eigenvalue weighted by molar-refractivity contribution is 5.91. The SMILES string of the molecule is N#CCc1c(-c2nccnc2N)[nH]c2ccccc12. The molecule has 0 aliphatic carbocycles. The molecule has 0 spiro atoms. The van der Waals surface area contributed by atoms with E-state index in [1.165, 1.54) is 0 Å². The Morgan fingerprint density at radius 2 is 2.00 bits per heavy atom. The second-order valence-corrected chi connectivity index (χ2v) is 4.15. The van der Waals surface area contributed by atoms with Crippen LogP contribution in [0, 0.1) is 11.3 Å². The molecule has 0 saturated carbocycles. The van der Waals surface area contributed by atoms with Crippen molar-refractivity contribution in [3.63, 3.8) is 0 Å². The summed E-state index contributed by atoms with van der Waals surface area (Å²) in [6, 6.07) is 10.0. The summed E-state index contributed by atoms with van der Waals surface area (Å²) in [6.07, 6.45) is 3.44. The number of nitriles is 1. The monoisotopic (exact) mass is 249 g/mol. The van der Waals surface area contributed by atoms with Gasteiger partial charge in [-0.3, -0.25) is 0 Å². The summed E-state index contributed by atoms with van der Waals surface area (Å²) in [7, 11) is 0. The van der Waals surface area contributed by atoms with E-state index in [0.717, 1.165) is 22.2 Å². The van der Waals surface area contributed by atoms with Crippen LogP contribution in [0.25, 0.3) is 22.3 Å². The number of rotatable bonds is 2. The number of benzene rings is 1. The minimum absolute atomic E-state index is 0.301. The van der Waals surface area contributed by atoms with Gasteiger partial charge >= 0.3 is 0 Å². The Labute approximate surface area is 109 Å². The maximum absolute atomic E-state index is 9.01. The van der Waals surface area contributed by atoms with E-state index < -0.39 is 0 Å². The first-order valence-corrected chi connectivity index (χ1v) is 5.84. The van der Waals surface area contributed by atoms with E-state index in [0.29, 0.717) is 17.9 Å². The third-order valence-corrected chi connectivity index (χ3v) is 3.03. The molecule has 3 rings (SSSR count). The lowest BCUT2D eigenvalue weighted by molar-refractivity contribution is 1.18. The third kappa shape index (κ3) is 1.79. The van der Waals surface area contributed by atoms with Gasteiger partial charge in [-0.2, -0.15) is 5.26 Å². The minimum Gasteiger partial charge on any atom is -0.382 e. The normalized spacial score (nSPS) is 10.5. The van der Waals surface area contributed by atoms with Crippen LogP contribution >= 0.6 is 0 Å². The Kier molecular flexibility index (Phi) is 2.62. The predicted molar refractivity (Wildman–Crippen MR) is 73.1 cm³/mol. The average molecular weight is 249 g/mol. The van der Waals surface area contributed by atoms with E-state index in [-0.39, 0.29) is 0 Å². The van der Waals surface area contributed by atoms with Gasteiger partial charge in [-0.15, -0.1) is 0 Å². The van der Waals surface area contributed by atoms with Crippen molar-refractivity contribution in [3.05, 3.63) is 42.2 Å². The Bertz CT molecular complexity index is 782. The first-order chi connectivity index (χ1) is 9.31. The quantitative estimate of drug-likeness (QED) is 0.728. The van der Waals surface area contributed by atoms with E-state index >= 15 is 0 Å². The van der Waals surface area contributed by atoms with Gasteiger partial charge in [0.15, 0.2) is 5.82 Å². The summed E-state index contributed by atoms with van der Waals surface area (Å²) in [5.74, 6) is 0.355. The molecule has 2 aromatic heterocycles. The summed E-state index contributed by atoms with van der Waals surface area (Å²) in [5, 5.41) is 10.0. The average Bonchev–Trinajstić information content (AvgIpc) is 2.79. The molecule has 0 unspecified atom stereocenters. The molecule has 0 fully saturated rings. The van der Waals surface area contributed by atoms with Crippen LogP contribution in [0.2, 0.25) is 0 Å². The Balaban J connectivity index is 2.32. The number of nitrogens with zero attached hydrogens (tertiary/aromatic N) is 3. The number of para-hydroxylation sites is 1. The topological polar surface area (TPSA) is 91.4 Å².